The molecule has 1 saturated carbocycles. The van der Waals surface area contributed by atoms with Crippen molar-refractivity contribution in [2.75, 3.05) is 31.9 Å². The van der Waals surface area contributed by atoms with Gasteiger partial charge in [0, 0.05) is 37.1 Å². The van der Waals surface area contributed by atoms with Gasteiger partial charge in [0.1, 0.15) is 0 Å². The smallest absolute Gasteiger partial charge is 0.233 e. The number of benzene rings is 1. The van der Waals surface area contributed by atoms with Gasteiger partial charge in [0.2, 0.25) is 5.91 Å². The van der Waals surface area contributed by atoms with E-state index in [2.05, 4.69) is 40.2 Å². The maximum absolute atomic E-state index is 12.6. The van der Waals surface area contributed by atoms with Crippen molar-refractivity contribution in [3.63, 3.8) is 0 Å². The van der Waals surface area contributed by atoms with Gasteiger partial charge < -0.3 is 4.90 Å². The third kappa shape index (κ3) is 4.12. The molecule has 4 heteroatoms. The van der Waals surface area contributed by atoms with E-state index in [1.165, 1.54) is 41.7 Å². The number of carbonyl (C=O) groups is 1. The Morgan fingerprint density at radius 2 is 1.92 bits per heavy atom. The Balaban J connectivity index is 1.26. The van der Waals surface area contributed by atoms with Crippen molar-refractivity contribution in [1.29, 1.82) is 0 Å². The largest absolute Gasteiger partial charge is 0.339 e. The summed E-state index contributed by atoms with van der Waals surface area (Å²) in [6.07, 6.45) is 12.2. The molecular weight excluding hydrogens is 328 g/mol. The molecule has 1 aliphatic heterocycles. The fourth-order valence-electron chi connectivity index (χ4n) is 4.34. The predicted octanol–water partition coefficient (Wildman–Crippen LogP) is 3.82. The third-order valence-electron chi connectivity index (χ3n) is 5.86. The van der Waals surface area contributed by atoms with Gasteiger partial charge in [-0.15, -0.1) is 11.8 Å². The number of carbonyl (C=O) groups excluding carboxylic acids is 1. The summed E-state index contributed by atoms with van der Waals surface area (Å²) in [6.45, 7) is 3.94. The van der Waals surface area contributed by atoms with E-state index in [0.29, 0.717) is 11.7 Å². The molecule has 2 fully saturated rings. The van der Waals surface area contributed by atoms with Gasteiger partial charge in [-0.2, -0.15) is 0 Å². The summed E-state index contributed by atoms with van der Waals surface area (Å²) in [5.41, 5.74) is 2.76. The van der Waals surface area contributed by atoms with Crippen LogP contribution >= 0.6 is 11.8 Å². The summed E-state index contributed by atoms with van der Waals surface area (Å²) in [4.78, 5) is 18.5. The summed E-state index contributed by atoms with van der Waals surface area (Å²) in [7, 11) is 0. The van der Waals surface area contributed by atoms with Gasteiger partial charge in [-0.1, -0.05) is 31.1 Å². The topological polar surface area (TPSA) is 23.6 Å². The van der Waals surface area contributed by atoms with Gasteiger partial charge >= 0.3 is 0 Å². The van der Waals surface area contributed by atoms with Gasteiger partial charge in [0.25, 0.3) is 0 Å². The highest BCUT2D eigenvalue weighted by atomic mass is 32.2. The van der Waals surface area contributed by atoms with Gasteiger partial charge in [-0.25, -0.2) is 0 Å². The van der Waals surface area contributed by atoms with E-state index in [4.69, 9.17) is 0 Å². The van der Waals surface area contributed by atoms with Gasteiger partial charge in [0.05, 0.1) is 5.75 Å². The van der Waals surface area contributed by atoms with Crippen LogP contribution in [-0.2, 0) is 11.2 Å². The van der Waals surface area contributed by atoms with Crippen molar-refractivity contribution in [1.82, 2.24) is 9.80 Å². The van der Waals surface area contributed by atoms with Crippen LogP contribution in [0.25, 0.3) is 6.08 Å². The highest BCUT2D eigenvalue weighted by Crippen LogP contribution is 2.27. The van der Waals surface area contributed by atoms with Crippen molar-refractivity contribution < 1.29 is 4.79 Å². The number of hydrogen-bond acceptors (Lipinski definition) is 3. The van der Waals surface area contributed by atoms with Gasteiger partial charge in [-0.05, 0) is 48.9 Å². The first-order valence-corrected chi connectivity index (χ1v) is 10.7. The van der Waals surface area contributed by atoms with E-state index in [1.54, 1.807) is 11.8 Å². The van der Waals surface area contributed by atoms with Crippen LogP contribution in [-0.4, -0.2) is 53.7 Å². The molecule has 0 unspecified atom stereocenters. The predicted molar refractivity (Wildman–Crippen MR) is 105 cm³/mol. The summed E-state index contributed by atoms with van der Waals surface area (Å²) >= 11 is 1.69. The number of nitrogens with zero attached hydrogens (tertiary/aromatic N) is 2. The number of piperazine rings is 1. The molecule has 0 radical (unpaired) electrons. The van der Waals surface area contributed by atoms with Crippen LogP contribution in [0.15, 0.2) is 29.2 Å². The maximum atomic E-state index is 12.6. The SMILES string of the molecule is O=C(CSc1ccc2c(c1)CCC=C2)N1CCN(C2CCCC2)CC1. The molecule has 1 aromatic rings. The fourth-order valence-corrected chi connectivity index (χ4v) is 5.20. The summed E-state index contributed by atoms with van der Waals surface area (Å²) in [6, 6.07) is 7.41. The van der Waals surface area contributed by atoms with Crippen LogP contribution in [0.4, 0.5) is 0 Å². The Labute approximate surface area is 155 Å². The van der Waals surface area contributed by atoms with Gasteiger partial charge in [0.15, 0.2) is 0 Å². The lowest BCUT2D eigenvalue weighted by Crippen LogP contribution is -2.51. The Kier molecular flexibility index (Phi) is 5.47. The minimum Gasteiger partial charge on any atom is -0.339 e. The highest BCUT2D eigenvalue weighted by molar-refractivity contribution is 8.00. The zero-order valence-corrected chi connectivity index (χ0v) is 15.8. The normalized spacial score (nSPS) is 21.5. The molecule has 0 bridgehead atoms. The molecule has 0 atom stereocenters. The van der Waals surface area contributed by atoms with Crippen molar-refractivity contribution in [3.8, 4) is 0 Å². The second kappa shape index (κ2) is 7.96. The number of fused-ring (bicyclic) bond motifs is 1. The Hall–Kier alpha value is -1.26. The first-order valence-electron chi connectivity index (χ1n) is 9.74. The van der Waals surface area contributed by atoms with Crippen LogP contribution < -0.4 is 0 Å². The molecule has 1 saturated heterocycles. The number of amides is 1. The zero-order chi connectivity index (χ0) is 17.1. The molecule has 1 heterocycles. The summed E-state index contributed by atoms with van der Waals surface area (Å²) in [5, 5.41) is 0. The fraction of sp³-hybridized carbons (Fsp3) is 0.571. The van der Waals surface area contributed by atoms with E-state index in [1.807, 2.05) is 0 Å². The Bertz CT molecular complexity index is 643. The molecule has 25 heavy (non-hydrogen) atoms. The maximum Gasteiger partial charge on any atom is 0.233 e. The monoisotopic (exact) mass is 356 g/mol. The third-order valence-corrected chi connectivity index (χ3v) is 6.84. The van der Waals surface area contributed by atoms with Crippen molar-refractivity contribution in [2.24, 2.45) is 0 Å². The molecule has 2 aliphatic carbocycles. The number of aryl methyl sites for hydroxylation is 1. The minimum atomic E-state index is 0.300. The lowest BCUT2D eigenvalue weighted by molar-refractivity contribution is -0.130. The van der Waals surface area contributed by atoms with E-state index in [-0.39, 0.29) is 0 Å². The standard InChI is InChI=1S/C21H28N2OS/c24-21(23-13-11-22(12-14-23)19-7-3-4-8-19)16-25-20-10-9-17-5-1-2-6-18(17)15-20/h1,5,9-10,15,19H,2-4,6-8,11-14,16H2. The average Bonchev–Trinajstić information content (AvgIpc) is 3.21. The number of rotatable bonds is 4. The van der Waals surface area contributed by atoms with Crippen molar-refractivity contribution >= 4 is 23.7 Å². The molecule has 134 valence electrons. The van der Waals surface area contributed by atoms with Crippen molar-refractivity contribution in [3.05, 3.63) is 35.4 Å². The molecular formula is C21H28N2OS. The quantitative estimate of drug-likeness (QED) is 0.766. The summed E-state index contributed by atoms with van der Waals surface area (Å²) in [5.74, 6) is 0.867. The number of allylic oxidation sites excluding steroid dienone is 1. The first-order chi connectivity index (χ1) is 12.3. The van der Waals surface area contributed by atoms with Crippen LogP contribution in [0.3, 0.4) is 0 Å². The second-order valence-electron chi connectivity index (χ2n) is 7.45. The molecule has 0 aromatic heterocycles. The average molecular weight is 357 g/mol. The lowest BCUT2D eigenvalue weighted by atomic mass is 9.98. The molecule has 0 N–H and O–H groups in total. The highest BCUT2D eigenvalue weighted by Gasteiger charge is 2.27. The van der Waals surface area contributed by atoms with Crippen molar-refractivity contribution in [2.45, 2.75) is 49.5 Å². The molecule has 4 rings (SSSR count). The molecule has 3 aliphatic rings. The minimum absolute atomic E-state index is 0.300. The van der Waals surface area contributed by atoms with E-state index >= 15 is 0 Å². The Morgan fingerprint density at radius 3 is 2.72 bits per heavy atom. The van der Waals surface area contributed by atoms with E-state index in [0.717, 1.165) is 45.1 Å². The first kappa shape index (κ1) is 17.2. The molecule has 1 amide bonds. The van der Waals surface area contributed by atoms with E-state index in [9.17, 15) is 4.79 Å². The van der Waals surface area contributed by atoms with Gasteiger partial charge in [-0.3, -0.25) is 9.69 Å². The van der Waals surface area contributed by atoms with Crippen LogP contribution in [0.2, 0.25) is 0 Å². The summed E-state index contributed by atoms with van der Waals surface area (Å²) < 4.78 is 0. The molecule has 1 aromatic carbocycles. The van der Waals surface area contributed by atoms with Crippen LogP contribution in [0.1, 0.15) is 43.2 Å². The van der Waals surface area contributed by atoms with Crippen LogP contribution in [0, 0.1) is 0 Å². The van der Waals surface area contributed by atoms with E-state index < -0.39 is 0 Å². The zero-order valence-electron chi connectivity index (χ0n) is 15.0. The second-order valence-corrected chi connectivity index (χ2v) is 8.49. The molecule has 3 nitrogen and oxygen atoms in total. The Morgan fingerprint density at radius 1 is 1.12 bits per heavy atom. The molecule has 0 spiro atoms. The number of thioether (sulfide) groups is 1. The number of hydrogen-bond donors (Lipinski definition) is 0. The van der Waals surface area contributed by atoms with Crippen LogP contribution in [0.5, 0.6) is 0 Å². The lowest BCUT2D eigenvalue weighted by Gasteiger charge is -2.38.